The number of aryl methyl sites for hydroxylation is 1. The van der Waals surface area contributed by atoms with Gasteiger partial charge in [-0.25, -0.2) is 0 Å². The summed E-state index contributed by atoms with van der Waals surface area (Å²) in [5.74, 6) is 0. The normalized spacial score (nSPS) is 21.3. The van der Waals surface area contributed by atoms with Crippen LogP contribution in [0, 0.1) is 6.92 Å². The molecule has 0 bridgehead atoms. The van der Waals surface area contributed by atoms with E-state index in [0.717, 1.165) is 0 Å². The van der Waals surface area contributed by atoms with Gasteiger partial charge in [0.2, 0.25) is 0 Å². The lowest BCUT2D eigenvalue weighted by atomic mass is 9.92. The predicted octanol–water partition coefficient (Wildman–Crippen LogP) is 2.12. The minimum Gasteiger partial charge on any atom is -0.368 e. The van der Waals surface area contributed by atoms with Crippen molar-refractivity contribution < 1.29 is 0 Å². The maximum atomic E-state index is 2.63. The lowest BCUT2D eigenvalue weighted by Crippen LogP contribution is -2.42. The zero-order chi connectivity index (χ0) is 10.7. The molecular weight excluding hydrogens is 196 g/mol. The van der Waals surface area contributed by atoms with Crippen molar-refractivity contribution in [2.75, 3.05) is 36.0 Å². The van der Waals surface area contributed by atoms with Crippen LogP contribution in [0.15, 0.2) is 6.07 Å². The molecule has 2 nitrogen and oxygen atoms in total. The smallest absolute Gasteiger partial charge is 0.0642 e. The fraction of sp³-hybridized carbons (Fsp3) is 0.571. The predicted molar refractivity (Wildman–Crippen MR) is 67.6 cm³/mol. The number of hydrogen-bond acceptors (Lipinski definition) is 2. The Balaban J connectivity index is 2.04. The Morgan fingerprint density at radius 2 is 1.75 bits per heavy atom. The van der Waals surface area contributed by atoms with Gasteiger partial charge in [0.25, 0.3) is 0 Å². The molecule has 3 aliphatic heterocycles. The Hall–Kier alpha value is -1.18. The Labute approximate surface area is 96.9 Å². The monoisotopic (exact) mass is 214 g/mol. The average Bonchev–Trinajstić information content (AvgIpc) is 2.72. The van der Waals surface area contributed by atoms with E-state index < -0.39 is 0 Å². The summed E-state index contributed by atoms with van der Waals surface area (Å²) in [5.41, 5.74) is 7.96. The van der Waals surface area contributed by atoms with Gasteiger partial charge in [0.15, 0.2) is 0 Å². The van der Waals surface area contributed by atoms with Gasteiger partial charge >= 0.3 is 0 Å². The first-order chi connectivity index (χ1) is 7.84. The first-order valence-corrected chi connectivity index (χ1v) is 6.50. The molecule has 0 saturated heterocycles. The molecule has 0 saturated carbocycles. The van der Waals surface area contributed by atoms with Gasteiger partial charge in [-0.05, 0) is 42.9 Å². The van der Waals surface area contributed by atoms with Crippen LogP contribution in [0.25, 0.3) is 0 Å². The molecule has 0 amide bonds. The van der Waals surface area contributed by atoms with Crippen LogP contribution in [-0.2, 0) is 12.8 Å². The van der Waals surface area contributed by atoms with E-state index in [4.69, 9.17) is 0 Å². The van der Waals surface area contributed by atoms with Gasteiger partial charge in [-0.15, -0.1) is 0 Å². The Morgan fingerprint density at radius 3 is 2.62 bits per heavy atom. The first kappa shape index (κ1) is 8.91. The van der Waals surface area contributed by atoms with E-state index in [2.05, 4.69) is 22.8 Å². The van der Waals surface area contributed by atoms with Crippen LogP contribution >= 0.6 is 0 Å². The standard InChI is InChI=1S/C14H18N2/c1-10-9-11-4-6-16-8-7-15-5-2-3-12(10)14(15)13(11)16/h9H,2-8H2,1H3. The zero-order valence-electron chi connectivity index (χ0n) is 9.92. The molecule has 1 aromatic carbocycles. The maximum absolute atomic E-state index is 2.63. The zero-order valence-corrected chi connectivity index (χ0v) is 9.92. The van der Waals surface area contributed by atoms with Crippen LogP contribution in [0.5, 0.6) is 0 Å². The van der Waals surface area contributed by atoms with Crippen molar-refractivity contribution >= 4 is 11.4 Å². The van der Waals surface area contributed by atoms with Gasteiger partial charge in [-0.2, -0.15) is 0 Å². The van der Waals surface area contributed by atoms with Crippen LogP contribution in [0.2, 0.25) is 0 Å². The third-order valence-electron chi connectivity index (χ3n) is 4.46. The average molecular weight is 214 g/mol. The van der Waals surface area contributed by atoms with Gasteiger partial charge in [0.1, 0.15) is 0 Å². The maximum Gasteiger partial charge on any atom is 0.0642 e. The number of hydrogen-bond donors (Lipinski definition) is 0. The third kappa shape index (κ3) is 0.977. The van der Waals surface area contributed by atoms with Gasteiger partial charge < -0.3 is 9.80 Å². The highest BCUT2D eigenvalue weighted by Crippen LogP contribution is 2.46. The molecule has 0 N–H and O–H groups in total. The molecule has 0 aliphatic carbocycles. The minimum absolute atomic E-state index is 1.24. The van der Waals surface area contributed by atoms with Gasteiger partial charge in [-0.1, -0.05) is 6.07 Å². The van der Waals surface area contributed by atoms with Gasteiger partial charge in [0, 0.05) is 26.2 Å². The van der Waals surface area contributed by atoms with Gasteiger partial charge in [-0.3, -0.25) is 0 Å². The molecule has 1 aromatic rings. The first-order valence-electron chi connectivity index (χ1n) is 6.50. The summed E-state index contributed by atoms with van der Waals surface area (Å²) in [6, 6.07) is 2.45. The van der Waals surface area contributed by atoms with Crippen molar-refractivity contribution in [3.63, 3.8) is 0 Å². The number of rotatable bonds is 0. The molecular formula is C14H18N2. The molecule has 3 heterocycles. The number of nitrogens with zero attached hydrogens (tertiary/aromatic N) is 2. The molecule has 0 fully saturated rings. The molecule has 84 valence electrons. The summed E-state index contributed by atoms with van der Waals surface area (Å²) < 4.78 is 0. The van der Waals surface area contributed by atoms with Crippen molar-refractivity contribution in [1.82, 2.24) is 0 Å². The third-order valence-corrected chi connectivity index (χ3v) is 4.46. The highest BCUT2D eigenvalue weighted by Gasteiger charge is 2.33. The fourth-order valence-corrected chi connectivity index (χ4v) is 3.71. The summed E-state index contributed by atoms with van der Waals surface area (Å²) in [7, 11) is 0. The lowest BCUT2D eigenvalue weighted by molar-refractivity contribution is 0.655. The topological polar surface area (TPSA) is 6.48 Å². The number of benzene rings is 1. The Bertz CT molecular complexity index is 464. The quantitative estimate of drug-likeness (QED) is 0.652. The second-order valence-corrected chi connectivity index (χ2v) is 5.36. The van der Waals surface area contributed by atoms with E-state index in [1.807, 2.05) is 0 Å². The van der Waals surface area contributed by atoms with Crippen LogP contribution in [0.4, 0.5) is 11.4 Å². The molecule has 0 spiro atoms. The van der Waals surface area contributed by atoms with E-state index in [9.17, 15) is 0 Å². The van der Waals surface area contributed by atoms with Crippen molar-refractivity contribution in [3.05, 3.63) is 22.8 Å². The second-order valence-electron chi connectivity index (χ2n) is 5.36. The Morgan fingerprint density at radius 1 is 0.938 bits per heavy atom. The molecule has 0 unspecified atom stereocenters. The van der Waals surface area contributed by atoms with Crippen LogP contribution < -0.4 is 9.80 Å². The van der Waals surface area contributed by atoms with E-state index in [1.165, 1.54) is 51.0 Å². The van der Waals surface area contributed by atoms with E-state index in [0.29, 0.717) is 0 Å². The van der Waals surface area contributed by atoms with Crippen molar-refractivity contribution in [2.45, 2.75) is 26.2 Å². The fourth-order valence-electron chi connectivity index (χ4n) is 3.71. The molecule has 0 aromatic heterocycles. The summed E-state index contributed by atoms with van der Waals surface area (Å²) in [5, 5.41) is 0. The summed E-state index contributed by atoms with van der Waals surface area (Å²) in [6.07, 6.45) is 3.89. The highest BCUT2D eigenvalue weighted by atomic mass is 15.3. The summed E-state index contributed by atoms with van der Waals surface area (Å²) in [4.78, 5) is 5.24. The van der Waals surface area contributed by atoms with E-state index >= 15 is 0 Å². The molecule has 3 aliphatic rings. The summed E-state index contributed by atoms with van der Waals surface area (Å²) in [6.45, 7) is 7.30. The van der Waals surface area contributed by atoms with Crippen LogP contribution in [0.1, 0.15) is 23.1 Å². The largest absolute Gasteiger partial charge is 0.368 e. The lowest BCUT2D eigenvalue weighted by Gasteiger charge is -2.41. The van der Waals surface area contributed by atoms with E-state index in [-0.39, 0.29) is 0 Å². The SMILES string of the molecule is Cc1cc2c3c4c1CCCN4CCN3CC2. The highest BCUT2D eigenvalue weighted by molar-refractivity contribution is 5.83. The molecule has 0 atom stereocenters. The van der Waals surface area contributed by atoms with Crippen LogP contribution in [0.3, 0.4) is 0 Å². The summed E-state index contributed by atoms with van der Waals surface area (Å²) >= 11 is 0. The minimum atomic E-state index is 1.24. The van der Waals surface area contributed by atoms with Crippen LogP contribution in [-0.4, -0.2) is 26.2 Å². The van der Waals surface area contributed by atoms with Crippen molar-refractivity contribution in [3.8, 4) is 0 Å². The Kier molecular flexibility index (Phi) is 1.63. The second kappa shape index (κ2) is 2.93. The van der Waals surface area contributed by atoms with Crippen molar-refractivity contribution in [1.29, 1.82) is 0 Å². The molecule has 4 rings (SSSR count). The van der Waals surface area contributed by atoms with E-state index in [1.54, 1.807) is 22.5 Å². The number of anilines is 2. The van der Waals surface area contributed by atoms with Gasteiger partial charge in [0.05, 0.1) is 11.4 Å². The molecule has 0 radical (unpaired) electrons. The molecule has 2 heteroatoms. The van der Waals surface area contributed by atoms with Crippen molar-refractivity contribution in [2.24, 2.45) is 0 Å². The molecule has 16 heavy (non-hydrogen) atoms.